The van der Waals surface area contributed by atoms with Crippen LogP contribution >= 0.6 is 0 Å². The van der Waals surface area contributed by atoms with E-state index in [1.165, 1.54) is 0 Å². The van der Waals surface area contributed by atoms with Gasteiger partial charge in [-0.25, -0.2) is 4.79 Å². The summed E-state index contributed by atoms with van der Waals surface area (Å²) in [6.07, 6.45) is -1.00. The SMILES string of the molecule is CC(C)(C)[Si](OC[C@H]1CCC(O)N1C(=O)O)(c1ccccc1)c1ccccc1. The summed E-state index contributed by atoms with van der Waals surface area (Å²) < 4.78 is 6.80. The fraction of sp³-hybridized carbons (Fsp3) is 0.409. The highest BCUT2D eigenvalue weighted by atomic mass is 28.4. The van der Waals surface area contributed by atoms with Crippen LogP contribution in [0.2, 0.25) is 5.04 Å². The first-order valence-corrected chi connectivity index (χ1v) is 11.6. The molecule has 1 saturated heterocycles. The molecule has 2 N–H and O–H groups in total. The van der Waals surface area contributed by atoms with Gasteiger partial charge in [0.1, 0.15) is 6.23 Å². The zero-order valence-corrected chi connectivity index (χ0v) is 17.7. The predicted octanol–water partition coefficient (Wildman–Crippen LogP) is 3.02. The quantitative estimate of drug-likeness (QED) is 0.759. The lowest BCUT2D eigenvalue weighted by molar-refractivity contribution is 0.0149. The van der Waals surface area contributed by atoms with Crippen LogP contribution < -0.4 is 10.4 Å². The van der Waals surface area contributed by atoms with Crippen molar-refractivity contribution in [3.63, 3.8) is 0 Å². The van der Waals surface area contributed by atoms with Crippen molar-refractivity contribution in [1.29, 1.82) is 0 Å². The molecule has 5 nitrogen and oxygen atoms in total. The topological polar surface area (TPSA) is 70.0 Å². The Hall–Kier alpha value is -2.15. The van der Waals surface area contributed by atoms with E-state index in [2.05, 4.69) is 45.0 Å². The smallest absolute Gasteiger partial charge is 0.409 e. The molecule has 1 aliphatic heterocycles. The molecule has 1 aliphatic rings. The number of carbonyl (C=O) groups is 1. The fourth-order valence-electron chi connectivity index (χ4n) is 4.29. The summed E-state index contributed by atoms with van der Waals surface area (Å²) in [7, 11) is -2.70. The number of hydrogen-bond donors (Lipinski definition) is 2. The average molecular weight is 400 g/mol. The molecule has 2 atom stereocenters. The molecule has 6 heteroatoms. The number of likely N-dealkylation sites (tertiary alicyclic amines) is 1. The Morgan fingerprint density at radius 2 is 1.54 bits per heavy atom. The highest BCUT2D eigenvalue weighted by molar-refractivity contribution is 6.99. The molecule has 0 spiro atoms. The van der Waals surface area contributed by atoms with Gasteiger partial charge in [-0.15, -0.1) is 0 Å². The zero-order chi connectivity index (χ0) is 20.4. The molecule has 0 aromatic heterocycles. The normalized spacial score (nSPS) is 20.4. The molecule has 1 fully saturated rings. The standard InChI is InChI=1S/C22H29NO4Si/c1-22(2,3)28(18-10-6-4-7-11-18,19-12-8-5-9-13-19)27-16-17-14-15-20(24)23(17)21(25)26/h4-13,17,20,24H,14-16H2,1-3H3,(H,25,26)/t17-,20?/m1/s1. The average Bonchev–Trinajstić information content (AvgIpc) is 3.04. The second kappa shape index (κ2) is 8.07. The van der Waals surface area contributed by atoms with Crippen LogP contribution in [0.5, 0.6) is 0 Å². The third-order valence-electron chi connectivity index (χ3n) is 5.60. The second-order valence-corrected chi connectivity index (χ2v) is 12.7. The Bertz CT molecular complexity index is 752. The number of rotatable bonds is 5. The third-order valence-corrected chi connectivity index (χ3v) is 10.6. The van der Waals surface area contributed by atoms with Gasteiger partial charge < -0.3 is 14.6 Å². The number of nitrogens with zero attached hydrogens (tertiary/aromatic N) is 1. The molecular weight excluding hydrogens is 370 g/mol. The van der Waals surface area contributed by atoms with Gasteiger partial charge in [0.25, 0.3) is 8.32 Å². The van der Waals surface area contributed by atoms with Crippen LogP contribution in [0.15, 0.2) is 60.7 Å². The van der Waals surface area contributed by atoms with Crippen molar-refractivity contribution in [2.24, 2.45) is 0 Å². The molecule has 1 amide bonds. The highest BCUT2D eigenvalue weighted by Crippen LogP contribution is 2.37. The van der Waals surface area contributed by atoms with Gasteiger partial charge in [0.2, 0.25) is 0 Å². The molecule has 1 unspecified atom stereocenters. The molecule has 2 aromatic rings. The van der Waals surface area contributed by atoms with Gasteiger partial charge in [0, 0.05) is 0 Å². The van der Waals surface area contributed by atoms with Gasteiger partial charge in [0.15, 0.2) is 0 Å². The van der Waals surface area contributed by atoms with Gasteiger partial charge in [-0.3, -0.25) is 4.90 Å². The Labute approximate surface area is 167 Å². The predicted molar refractivity (Wildman–Crippen MR) is 112 cm³/mol. The first-order chi connectivity index (χ1) is 13.3. The first-order valence-electron chi connectivity index (χ1n) is 9.71. The molecule has 1 heterocycles. The minimum Gasteiger partial charge on any atom is -0.465 e. The van der Waals surface area contributed by atoms with Gasteiger partial charge in [0.05, 0.1) is 12.6 Å². The summed E-state index contributed by atoms with van der Waals surface area (Å²) in [5.41, 5.74) is 0. The molecule has 0 bridgehead atoms. The van der Waals surface area contributed by atoms with E-state index >= 15 is 0 Å². The number of hydrogen-bond acceptors (Lipinski definition) is 3. The Kier molecular flexibility index (Phi) is 5.93. The van der Waals surface area contributed by atoms with E-state index in [1.54, 1.807) is 0 Å². The monoisotopic (exact) mass is 399 g/mol. The summed E-state index contributed by atoms with van der Waals surface area (Å²) in [6.45, 7) is 6.85. The van der Waals surface area contributed by atoms with Gasteiger partial charge in [-0.1, -0.05) is 81.4 Å². The van der Waals surface area contributed by atoms with Crippen LogP contribution in [0.25, 0.3) is 0 Å². The maximum Gasteiger partial charge on any atom is 0.409 e. The van der Waals surface area contributed by atoms with E-state index in [0.717, 1.165) is 15.3 Å². The van der Waals surface area contributed by atoms with Crippen LogP contribution in [0.1, 0.15) is 33.6 Å². The van der Waals surface area contributed by atoms with Crippen LogP contribution in [0.4, 0.5) is 4.79 Å². The van der Waals surface area contributed by atoms with Crippen molar-refractivity contribution < 1.29 is 19.4 Å². The lowest BCUT2D eigenvalue weighted by Gasteiger charge is -2.44. The van der Waals surface area contributed by atoms with Crippen molar-refractivity contribution in [3.8, 4) is 0 Å². The van der Waals surface area contributed by atoms with Crippen LogP contribution in [0, 0.1) is 0 Å². The second-order valence-electron chi connectivity index (χ2n) is 8.38. The minimum absolute atomic E-state index is 0.166. The van der Waals surface area contributed by atoms with Crippen molar-refractivity contribution in [2.75, 3.05) is 6.61 Å². The number of aliphatic hydroxyl groups excluding tert-OH is 1. The van der Waals surface area contributed by atoms with E-state index in [4.69, 9.17) is 4.43 Å². The summed E-state index contributed by atoms with van der Waals surface area (Å²) in [6, 6.07) is 20.2. The molecule has 0 aliphatic carbocycles. The molecule has 0 saturated carbocycles. The van der Waals surface area contributed by atoms with E-state index in [-0.39, 0.29) is 17.7 Å². The number of benzene rings is 2. The Morgan fingerprint density at radius 1 is 1.04 bits per heavy atom. The minimum atomic E-state index is -2.70. The summed E-state index contributed by atoms with van der Waals surface area (Å²) >= 11 is 0. The maximum absolute atomic E-state index is 11.6. The number of amides is 1. The van der Waals surface area contributed by atoms with Crippen molar-refractivity contribution in [2.45, 2.75) is 50.9 Å². The van der Waals surface area contributed by atoms with Gasteiger partial charge >= 0.3 is 6.09 Å². The number of carboxylic acid groups (broad SMARTS) is 1. The van der Waals surface area contributed by atoms with Gasteiger partial charge in [-0.05, 0) is 28.3 Å². The third kappa shape index (κ3) is 3.72. The fourth-order valence-corrected chi connectivity index (χ4v) is 8.89. The summed E-state index contributed by atoms with van der Waals surface area (Å²) in [4.78, 5) is 12.7. The Morgan fingerprint density at radius 3 is 1.96 bits per heavy atom. The summed E-state index contributed by atoms with van der Waals surface area (Å²) in [5.74, 6) is 0. The van der Waals surface area contributed by atoms with Crippen molar-refractivity contribution in [3.05, 3.63) is 60.7 Å². The molecular formula is C22H29NO4Si. The molecule has 0 radical (unpaired) electrons. The number of aliphatic hydroxyl groups is 1. The Balaban J connectivity index is 2.03. The van der Waals surface area contributed by atoms with Crippen molar-refractivity contribution in [1.82, 2.24) is 4.90 Å². The van der Waals surface area contributed by atoms with Crippen LogP contribution in [0.3, 0.4) is 0 Å². The largest absolute Gasteiger partial charge is 0.465 e. The highest BCUT2D eigenvalue weighted by Gasteiger charge is 2.51. The first kappa shape index (κ1) is 20.6. The summed E-state index contributed by atoms with van der Waals surface area (Å²) in [5, 5.41) is 21.7. The van der Waals surface area contributed by atoms with Crippen LogP contribution in [-0.4, -0.2) is 48.4 Å². The lowest BCUT2D eigenvalue weighted by atomic mass is 10.2. The van der Waals surface area contributed by atoms with E-state index in [1.807, 2.05) is 36.4 Å². The molecule has 3 rings (SSSR count). The molecule has 150 valence electrons. The van der Waals surface area contributed by atoms with E-state index < -0.39 is 20.6 Å². The zero-order valence-electron chi connectivity index (χ0n) is 16.7. The molecule has 28 heavy (non-hydrogen) atoms. The van der Waals surface area contributed by atoms with Gasteiger partial charge in [-0.2, -0.15) is 0 Å². The van der Waals surface area contributed by atoms with Crippen molar-refractivity contribution >= 4 is 24.8 Å². The van der Waals surface area contributed by atoms with E-state index in [0.29, 0.717) is 12.8 Å². The lowest BCUT2D eigenvalue weighted by Crippen LogP contribution is -2.67. The molecule has 2 aromatic carbocycles. The maximum atomic E-state index is 11.6. The van der Waals surface area contributed by atoms with Crippen LogP contribution in [-0.2, 0) is 4.43 Å². The van der Waals surface area contributed by atoms with E-state index in [9.17, 15) is 15.0 Å².